The number of nitrogens with zero attached hydrogens (tertiary/aromatic N) is 1. The lowest BCUT2D eigenvalue weighted by molar-refractivity contribution is -0.931. The molecular weight excluding hydrogens is 340 g/mol. The Morgan fingerprint density at radius 3 is 1.85 bits per heavy atom. The number of unbranched alkanes of at least 4 members (excludes halogenated alkanes) is 8. The second-order valence-electron chi connectivity index (χ2n) is 8.97. The van der Waals surface area contributed by atoms with Gasteiger partial charge in [0.15, 0.2) is 0 Å². The van der Waals surface area contributed by atoms with Crippen LogP contribution in [0, 0.1) is 0 Å². The average molecular weight is 385 g/mol. The summed E-state index contributed by atoms with van der Waals surface area (Å²) in [5.74, 6) is -0.987. The van der Waals surface area contributed by atoms with E-state index in [1.165, 1.54) is 44.9 Å². The van der Waals surface area contributed by atoms with Gasteiger partial charge in [-0.3, -0.25) is 4.79 Å². The van der Waals surface area contributed by atoms with Crippen LogP contribution in [0.15, 0.2) is 0 Å². The SMILES string of the molecule is CCCCCCCCCCCC(=O)NC(CC)C[N+](C)(C)C(C)(C)C(=O)[O-]. The van der Waals surface area contributed by atoms with E-state index in [9.17, 15) is 14.7 Å². The van der Waals surface area contributed by atoms with Crippen molar-refractivity contribution in [2.45, 2.75) is 110 Å². The molecule has 0 aliphatic carbocycles. The summed E-state index contributed by atoms with van der Waals surface area (Å²) in [4.78, 5) is 23.7. The van der Waals surface area contributed by atoms with E-state index in [0.29, 0.717) is 13.0 Å². The minimum Gasteiger partial charge on any atom is -0.544 e. The zero-order valence-electron chi connectivity index (χ0n) is 18.7. The van der Waals surface area contributed by atoms with Crippen molar-refractivity contribution >= 4 is 11.9 Å². The molecule has 0 aliphatic rings. The van der Waals surface area contributed by atoms with Gasteiger partial charge in [-0.25, -0.2) is 0 Å². The molecule has 1 atom stereocenters. The summed E-state index contributed by atoms with van der Waals surface area (Å²) in [6.45, 7) is 8.19. The van der Waals surface area contributed by atoms with Gasteiger partial charge in [-0.05, 0) is 26.7 Å². The van der Waals surface area contributed by atoms with Gasteiger partial charge in [-0.2, -0.15) is 0 Å². The molecular formula is C22H44N2O3. The average Bonchev–Trinajstić information content (AvgIpc) is 2.59. The molecule has 0 spiro atoms. The van der Waals surface area contributed by atoms with Crippen molar-refractivity contribution in [1.29, 1.82) is 0 Å². The Balaban J connectivity index is 4.12. The number of aliphatic carboxylic acids is 1. The highest BCUT2D eigenvalue weighted by atomic mass is 16.4. The number of carbonyl (C=O) groups is 2. The second kappa shape index (κ2) is 13.1. The highest BCUT2D eigenvalue weighted by Gasteiger charge is 2.39. The Hall–Kier alpha value is -1.10. The molecule has 0 aromatic rings. The number of hydrogen-bond acceptors (Lipinski definition) is 3. The fourth-order valence-corrected chi connectivity index (χ4v) is 3.20. The van der Waals surface area contributed by atoms with Gasteiger partial charge < -0.3 is 19.7 Å². The van der Waals surface area contributed by atoms with Crippen LogP contribution in [-0.2, 0) is 9.59 Å². The van der Waals surface area contributed by atoms with Crippen LogP contribution in [0.3, 0.4) is 0 Å². The summed E-state index contributed by atoms with van der Waals surface area (Å²) in [5, 5.41) is 14.5. The Kier molecular flexibility index (Phi) is 12.6. The van der Waals surface area contributed by atoms with Gasteiger partial charge in [0.05, 0.1) is 26.7 Å². The predicted octanol–water partition coefficient (Wildman–Crippen LogP) is 3.41. The molecule has 0 heterocycles. The Bertz CT molecular complexity index is 433. The number of carbonyl (C=O) groups excluding carboxylic acids is 2. The summed E-state index contributed by atoms with van der Waals surface area (Å²) in [6.07, 6.45) is 12.5. The maximum Gasteiger partial charge on any atom is 0.220 e. The van der Waals surface area contributed by atoms with Crippen molar-refractivity contribution in [3.8, 4) is 0 Å². The van der Waals surface area contributed by atoms with Crippen molar-refractivity contribution in [3.63, 3.8) is 0 Å². The number of nitrogens with one attached hydrogen (secondary N) is 1. The van der Waals surface area contributed by atoms with Crippen LogP contribution < -0.4 is 10.4 Å². The number of amides is 1. The van der Waals surface area contributed by atoms with E-state index in [1.807, 2.05) is 21.0 Å². The quantitative estimate of drug-likeness (QED) is 0.327. The van der Waals surface area contributed by atoms with Crippen LogP contribution in [-0.4, -0.2) is 48.6 Å². The zero-order valence-corrected chi connectivity index (χ0v) is 18.7. The van der Waals surface area contributed by atoms with Gasteiger partial charge in [0.25, 0.3) is 0 Å². The van der Waals surface area contributed by atoms with E-state index in [1.54, 1.807) is 13.8 Å². The second-order valence-corrected chi connectivity index (χ2v) is 8.97. The highest BCUT2D eigenvalue weighted by molar-refractivity contribution is 5.76. The summed E-state index contributed by atoms with van der Waals surface area (Å²) in [5.41, 5.74) is -1.00. The molecule has 0 fully saturated rings. The molecule has 27 heavy (non-hydrogen) atoms. The fourth-order valence-electron chi connectivity index (χ4n) is 3.20. The van der Waals surface area contributed by atoms with Crippen LogP contribution in [0.5, 0.6) is 0 Å². The van der Waals surface area contributed by atoms with E-state index in [0.717, 1.165) is 19.3 Å². The molecule has 5 heteroatoms. The molecule has 0 rings (SSSR count). The number of carboxylic acid groups (broad SMARTS) is 1. The monoisotopic (exact) mass is 384 g/mol. The zero-order chi connectivity index (χ0) is 20.9. The van der Waals surface area contributed by atoms with Gasteiger partial charge >= 0.3 is 0 Å². The lowest BCUT2D eigenvalue weighted by Gasteiger charge is -2.46. The molecule has 1 unspecified atom stereocenters. The minimum atomic E-state index is -1.07. The highest BCUT2D eigenvalue weighted by Crippen LogP contribution is 2.20. The Morgan fingerprint density at radius 1 is 0.926 bits per heavy atom. The van der Waals surface area contributed by atoms with Gasteiger partial charge in [-0.15, -0.1) is 0 Å². The maximum absolute atomic E-state index is 12.2. The lowest BCUT2D eigenvalue weighted by atomic mass is 9.99. The van der Waals surface area contributed by atoms with Gasteiger partial charge in [0.1, 0.15) is 11.5 Å². The van der Waals surface area contributed by atoms with Crippen molar-refractivity contribution in [2.24, 2.45) is 0 Å². The molecule has 0 aromatic carbocycles. The molecule has 0 saturated heterocycles. The molecule has 0 radical (unpaired) electrons. The molecule has 160 valence electrons. The summed E-state index contributed by atoms with van der Waals surface area (Å²) in [7, 11) is 3.76. The lowest BCUT2D eigenvalue weighted by Crippen LogP contribution is -2.67. The van der Waals surface area contributed by atoms with E-state index in [4.69, 9.17) is 0 Å². The molecule has 0 saturated carbocycles. The molecule has 1 N–H and O–H groups in total. The topological polar surface area (TPSA) is 69.2 Å². The predicted molar refractivity (Wildman–Crippen MR) is 110 cm³/mol. The standard InChI is InChI=1S/C22H44N2O3/c1-7-9-10-11-12-13-14-15-16-17-20(25)23-19(8-2)18-24(5,6)22(3,4)21(26)27/h19H,7-18H2,1-6H3,(H-,23,25,26,27). The molecule has 1 amide bonds. The third kappa shape index (κ3) is 10.1. The van der Waals surface area contributed by atoms with E-state index < -0.39 is 11.5 Å². The number of quaternary nitrogens is 1. The Morgan fingerprint density at radius 2 is 1.41 bits per heavy atom. The van der Waals surface area contributed by atoms with Crippen molar-refractivity contribution in [2.75, 3.05) is 20.6 Å². The van der Waals surface area contributed by atoms with Gasteiger partial charge in [-0.1, -0.05) is 65.2 Å². The molecule has 0 aromatic heterocycles. The maximum atomic E-state index is 12.2. The van der Waals surface area contributed by atoms with E-state index in [2.05, 4.69) is 12.2 Å². The minimum absolute atomic E-state index is 0.0234. The van der Waals surface area contributed by atoms with Crippen LogP contribution in [0.4, 0.5) is 0 Å². The first-order valence-corrected chi connectivity index (χ1v) is 10.9. The van der Waals surface area contributed by atoms with Crippen molar-refractivity contribution < 1.29 is 19.2 Å². The van der Waals surface area contributed by atoms with Gasteiger partial charge in [0, 0.05) is 6.42 Å². The molecule has 5 nitrogen and oxygen atoms in total. The van der Waals surface area contributed by atoms with Crippen LogP contribution in [0.2, 0.25) is 0 Å². The first-order chi connectivity index (χ1) is 12.6. The summed E-state index contributed by atoms with van der Waals surface area (Å²) < 4.78 is 0.270. The van der Waals surface area contributed by atoms with Crippen LogP contribution in [0.1, 0.15) is 98.3 Å². The molecule has 0 bridgehead atoms. The van der Waals surface area contributed by atoms with Crippen molar-refractivity contribution in [1.82, 2.24) is 5.32 Å². The van der Waals surface area contributed by atoms with Gasteiger partial charge in [0.2, 0.25) is 5.91 Å². The summed E-state index contributed by atoms with van der Waals surface area (Å²) >= 11 is 0. The van der Waals surface area contributed by atoms with Crippen LogP contribution >= 0.6 is 0 Å². The number of rotatable bonds is 16. The van der Waals surface area contributed by atoms with Crippen molar-refractivity contribution in [3.05, 3.63) is 0 Å². The number of likely N-dealkylation sites (N-methyl/N-ethyl adjacent to an activating group) is 1. The Labute approximate surface area is 167 Å². The third-order valence-corrected chi connectivity index (χ3v) is 6.05. The first-order valence-electron chi connectivity index (χ1n) is 10.9. The fraction of sp³-hybridized carbons (Fsp3) is 0.909. The largest absolute Gasteiger partial charge is 0.544 e. The van der Waals surface area contributed by atoms with E-state index in [-0.39, 0.29) is 16.4 Å². The van der Waals surface area contributed by atoms with E-state index >= 15 is 0 Å². The number of hydrogen-bond donors (Lipinski definition) is 1. The normalized spacial score (nSPS) is 13.4. The van der Waals surface area contributed by atoms with Crippen LogP contribution in [0.25, 0.3) is 0 Å². The summed E-state index contributed by atoms with van der Waals surface area (Å²) in [6, 6.07) is -0.0234. The third-order valence-electron chi connectivity index (χ3n) is 6.05. The molecule has 0 aliphatic heterocycles. The smallest absolute Gasteiger partial charge is 0.220 e. The number of carboxylic acids is 1. The first kappa shape index (κ1) is 25.9.